The molecule has 27 heavy (non-hydrogen) atoms. The average Bonchev–Trinajstić information content (AvgIpc) is 3.22. The van der Waals surface area contributed by atoms with Crippen LogP contribution in [0.5, 0.6) is 0 Å². The van der Waals surface area contributed by atoms with Crippen LogP contribution in [0.1, 0.15) is 51.4 Å². The summed E-state index contributed by atoms with van der Waals surface area (Å²) in [6.07, 6.45) is 1.67. The summed E-state index contributed by atoms with van der Waals surface area (Å²) < 4.78 is 7.56. The second-order valence-electron chi connectivity index (χ2n) is 6.88. The standard InChI is InChI=1S/C21H25N3O2S/c1-12-10-19(16(5)24(12)11-18-8-7-9-26-18)20(25)17(6)27-21-22-14(3)13(2)15(4)23-21/h7-10,17H,11H2,1-6H3/t17-/m1/s1. The van der Waals surface area contributed by atoms with Crippen LogP contribution in [-0.4, -0.2) is 25.6 Å². The highest BCUT2D eigenvalue weighted by molar-refractivity contribution is 8.00. The lowest BCUT2D eigenvalue weighted by atomic mass is 10.1. The van der Waals surface area contributed by atoms with Gasteiger partial charge in [0.2, 0.25) is 0 Å². The number of nitrogens with zero attached hydrogens (tertiary/aromatic N) is 3. The Morgan fingerprint density at radius 1 is 1.19 bits per heavy atom. The van der Waals surface area contributed by atoms with E-state index in [-0.39, 0.29) is 11.0 Å². The predicted octanol–water partition coefficient (Wildman–Crippen LogP) is 4.83. The van der Waals surface area contributed by atoms with Gasteiger partial charge in [0, 0.05) is 28.3 Å². The lowest BCUT2D eigenvalue weighted by Crippen LogP contribution is -2.16. The quantitative estimate of drug-likeness (QED) is 0.347. The van der Waals surface area contributed by atoms with Gasteiger partial charge in [-0.25, -0.2) is 9.97 Å². The highest BCUT2D eigenvalue weighted by Crippen LogP contribution is 2.27. The maximum atomic E-state index is 13.1. The maximum Gasteiger partial charge on any atom is 0.188 e. The summed E-state index contributed by atoms with van der Waals surface area (Å²) in [6, 6.07) is 5.78. The third-order valence-corrected chi connectivity index (χ3v) is 5.96. The molecule has 6 heteroatoms. The molecule has 0 aliphatic heterocycles. The molecule has 0 aliphatic rings. The van der Waals surface area contributed by atoms with Gasteiger partial charge in [0.25, 0.3) is 0 Å². The van der Waals surface area contributed by atoms with Gasteiger partial charge < -0.3 is 8.98 Å². The van der Waals surface area contributed by atoms with Crippen molar-refractivity contribution in [3.05, 3.63) is 64.1 Å². The number of carbonyl (C=O) groups is 1. The van der Waals surface area contributed by atoms with Crippen LogP contribution in [0.4, 0.5) is 0 Å². The van der Waals surface area contributed by atoms with E-state index >= 15 is 0 Å². The summed E-state index contributed by atoms with van der Waals surface area (Å²) in [5.41, 5.74) is 5.77. The number of hydrogen-bond acceptors (Lipinski definition) is 5. The molecule has 0 aliphatic carbocycles. The Labute approximate surface area is 164 Å². The second kappa shape index (κ2) is 7.72. The van der Waals surface area contributed by atoms with Crippen LogP contribution in [0, 0.1) is 34.6 Å². The molecule has 3 heterocycles. The van der Waals surface area contributed by atoms with Gasteiger partial charge in [0.05, 0.1) is 18.1 Å². The molecule has 0 unspecified atom stereocenters. The summed E-state index contributed by atoms with van der Waals surface area (Å²) in [4.78, 5) is 22.1. The minimum atomic E-state index is -0.260. The molecule has 0 bridgehead atoms. The molecular formula is C21H25N3O2S. The van der Waals surface area contributed by atoms with Crippen molar-refractivity contribution in [3.63, 3.8) is 0 Å². The fourth-order valence-corrected chi connectivity index (χ4v) is 4.01. The Balaban J connectivity index is 1.81. The van der Waals surface area contributed by atoms with Gasteiger partial charge in [0.1, 0.15) is 5.76 Å². The molecular weight excluding hydrogens is 358 g/mol. The third kappa shape index (κ3) is 4.00. The Morgan fingerprint density at radius 2 is 1.85 bits per heavy atom. The zero-order chi connectivity index (χ0) is 19.7. The lowest BCUT2D eigenvalue weighted by Gasteiger charge is -2.12. The van der Waals surface area contributed by atoms with Crippen LogP contribution in [-0.2, 0) is 6.54 Å². The van der Waals surface area contributed by atoms with Crippen molar-refractivity contribution >= 4 is 17.5 Å². The number of ketones is 1. The molecule has 5 nitrogen and oxygen atoms in total. The van der Waals surface area contributed by atoms with Crippen molar-refractivity contribution in [1.82, 2.24) is 14.5 Å². The first-order valence-electron chi connectivity index (χ1n) is 8.99. The van der Waals surface area contributed by atoms with Gasteiger partial charge in [-0.3, -0.25) is 4.79 Å². The fourth-order valence-electron chi connectivity index (χ4n) is 3.08. The van der Waals surface area contributed by atoms with Crippen LogP contribution in [0.25, 0.3) is 0 Å². The monoisotopic (exact) mass is 383 g/mol. The normalized spacial score (nSPS) is 12.4. The van der Waals surface area contributed by atoms with E-state index < -0.39 is 0 Å². The molecule has 0 saturated carbocycles. The van der Waals surface area contributed by atoms with Crippen molar-refractivity contribution in [2.24, 2.45) is 0 Å². The molecule has 0 aromatic carbocycles. The Morgan fingerprint density at radius 3 is 2.44 bits per heavy atom. The van der Waals surface area contributed by atoms with E-state index in [1.165, 1.54) is 11.8 Å². The average molecular weight is 384 g/mol. The minimum Gasteiger partial charge on any atom is -0.467 e. The number of carbonyl (C=O) groups excluding carboxylic acids is 1. The fraction of sp³-hybridized carbons (Fsp3) is 0.381. The SMILES string of the molecule is Cc1nc(S[C@H](C)C(=O)c2cc(C)n(Cc3ccco3)c2C)nc(C)c1C. The first kappa shape index (κ1) is 19.4. The van der Waals surface area contributed by atoms with Gasteiger partial charge in [-0.05, 0) is 65.3 Å². The molecule has 0 radical (unpaired) electrons. The minimum absolute atomic E-state index is 0.0956. The number of furan rings is 1. The van der Waals surface area contributed by atoms with Crippen molar-refractivity contribution in [2.75, 3.05) is 0 Å². The highest BCUT2D eigenvalue weighted by atomic mass is 32.2. The molecule has 0 saturated heterocycles. The van der Waals surface area contributed by atoms with E-state index in [9.17, 15) is 4.79 Å². The van der Waals surface area contributed by atoms with Crippen LogP contribution >= 0.6 is 11.8 Å². The van der Waals surface area contributed by atoms with E-state index in [0.717, 1.165) is 39.7 Å². The van der Waals surface area contributed by atoms with Gasteiger partial charge in [0.15, 0.2) is 10.9 Å². The first-order valence-corrected chi connectivity index (χ1v) is 9.87. The van der Waals surface area contributed by atoms with Crippen LogP contribution in [0.3, 0.4) is 0 Å². The van der Waals surface area contributed by atoms with E-state index in [2.05, 4.69) is 14.5 Å². The number of aryl methyl sites for hydroxylation is 3. The highest BCUT2D eigenvalue weighted by Gasteiger charge is 2.23. The Hall–Kier alpha value is -2.34. The molecule has 3 aromatic heterocycles. The van der Waals surface area contributed by atoms with Crippen molar-refractivity contribution in [2.45, 2.75) is 58.5 Å². The predicted molar refractivity (Wildman–Crippen MR) is 108 cm³/mol. The zero-order valence-corrected chi connectivity index (χ0v) is 17.5. The van der Waals surface area contributed by atoms with E-state index in [1.807, 2.05) is 59.7 Å². The molecule has 0 spiro atoms. The Bertz CT molecular complexity index is 951. The Kier molecular flexibility index (Phi) is 5.56. The van der Waals surface area contributed by atoms with E-state index in [1.54, 1.807) is 6.26 Å². The summed E-state index contributed by atoms with van der Waals surface area (Å²) >= 11 is 1.41. The largest absolute Gasteiger partial charge is 0.467 e. The molecule has 3 aromatic rings. The van der Waals surface area contributed by atoms with Gasteiger partial charge >= 0.3 is 0 Å². The van der Waals surface area contributed by atoms with E-state index in [0.29, 0.717) is 11.7 Å². The van der Waals surface area contributed by atoms with Gasteiger partial charge in [-0.15, -0.1) is 0 Å². The summed E-state index contributed by atoms with van der Waals surface area (Å²) in [5, 5.41) is 0.393. The molecule has 0 N–H and O–H groups in total. The van der Waals surface area contributed by atoms with E-state index in [4.69, 9.17) is 4.42 Å². The summed E-state index contributed by atoms with van der Waals surface area (Å²) in [7, 11) is 0. The number of thioether (sulfide) groups is 1. The summed E-state index contributed by atoms with van der Waals surface area (Å²) in [6.45, 7) is 12.5. The number of aromatic nitrogens is 3. The van der Waals surface area contributed by atoms with Gasteiger partial charge in [-0.1, -0.05) is 11.8 Å². The smallest absolute Gasteiger partial charge is 0.188 e. The van der Waals surface area contributed by atoms with Crippen molar-refractivity contribution in [1.29, 1.82) is 0 Å². The molecule has 0 amide bonds. The maximum absolute atomic E-state index is 13.1. The topological polar surface area (TPSA) is 60.9 Å². The third-order valence-electron chi connectivity index (χ3n) is 5.00. The number of hydrogen-bond donors (Lipinski definition) is 0. The molecule has 142 valence electrons. The number of Topliss-reactive ketones (excluding diaryl/α,β-unsaturated/α-hetero) is 1. The molecule has 1 atom stereocenters. The van der Waals surface area contributed by atoms with Crippen LogP contribution in [0.2, 0.25) is 0 Å². The van der Waals surface area contributed by atoms with Crippen molar-refractivity contribution in [3.8, 4) is 0 Å². The first-order chi connectivity index (χ1) is 12.8. The summed E-state index contributed by atoms with van der Waals surface area (Å²) in [5.74, 6) is 0.968. The molecule has 3 rings (SSSR count). The second-order valence-corrected chi connectivity index (χ2v) is 8.18. The van der Waals surface area contributed by atoms with Crippen molar-refractivity contribution < 1.29 is 9.21 Å². The zero-order valence-electron chi connectivity index (χ0n) is 16.7. The molecule has 0 fully saturated rings. The lowest BCUT2D eigenvalue weighted by molar-refractivity contribution is 0.0993. The number of rotatable bonds is 6. The van der Waals surface area contributed by atoms with Gasteiger partial charge in [-0.2, -0.15) is 0 Å². The van der Waals surface area contributed by atoms with Crippen LogP contribution < -0.4 is 0 Å². The van der Waals surface area contributed by atoms with Crippen LogP contribution in [0.15, 0.2) is 34.0 Å².